The highest BCUT2D eigenvalue weighted by atomic mass is 32.1. The standard InChI is InChI=1S/C15H19N3S/c1-2-12-10-19-15(17-12)18-9-11(7-8-16)13-5-3-4-6-14(13)18/h3-6,10-11H,2,7-9,16H2,1H3. The van der Waals surface area contributed by atoms with Gasteiger partial charge in [-0.2, -0.15) is 0 Å². The van der Waals surface area contributed by atoms with Gasteiger partial charge in [-0.15, -0.1) is 11.3 Å². The molecule has 19 heavy (non-hydrogen) atoms. The third kappa shape index (κ3) is 2.26. The highest BCUT2D eigenvalue weighted by molar-refractivity contribution is 7.13. The van der Waals surface area contributed by atoms with Gasteiger partial charge in [-0.05, 0) is 31.0 Å². The molecule has 0 saturated carbocycles. The Morgan fingerprint density at radius 2 is 2.26 bits per heavy atom. The lowest BCUT2D eigenvalue weighted by molar-refractivity contribution is 0.668. The van der Waals surface area contributed by atoms with Gasteiger partial charge < -0.3 is 10.6 Å². The summed E-state index contributed by atoms with van der Waals surface area (Å²) in [6, 6.07) is 8.64. The normalized spacial score (nSPS) is 17.8. The van der Waals surface area contributed by atoms with Gasteiger partial charge in [0.05, 0.1) is 5.69 Å². The SMILES string of the molecule is CCc1csc(N2CC(CCN)c3ccccc32)n1. The van der Waals surface area contributed by atoms with E-state index >= 15 is 0 Å². The van der Waals surface area contributed by atoms with Crippen molar-refractivity contribution in [2.45, 2.75) is 25.7 Å². The smallest absolute Gasteiger partial charge is 0.190 e. The first-order valence-corrected chi connectivity index (χ1v) is 7.72. The van der Waals surface area contributed by atoms with E-state index in [2.05, 4.69) is 41.5 Å². The Bertz CT molecular complexity index is 564. The average Bonchev–Trinajstić information content (AvgIpc) is 3.04. The molecule has 3 rings (SSSR count). The summed E-state index contributed by atoms with van der Waals surface area (Å²) in [5.41, 5.74) is 9.65. The molecule has 1 aliphatic heterocycles. The lowest BCUT2D eigenvalue weighted by Crippen LogP contribution is -2.17. The number of nitrogens with two attached hydrogens (primary N) is 1. The van der Waals surface area contributed by atoms with Gasteiger partial charge in [-0.1, -0.05) is 25.1 Å². The van der Waals surface area contributed by atoms with Gasteiger partial charge >= 0.3 is 0 Å². The third-order valence-corrected chi connectivity index (χ3v) is 4.63. The molecule has 4 heteroatoms. The van der Waals surface area contributed by atoms with Crippen molar-refractivity contribution in [2.75, 3.05) is 18.0 Å². The zero-order chi connectivity index (χ0) is 13.2. The Hall–Kier alpha value is -1.39. The molecule has 0 bridgehead atoms. The van der Waals surface area contributed by atoms with Crippen molar-refractivity contribution >= 4 is 22.2 Å². The Balaban J connectivity index is 1.95. The minimum Gasteiger partial charge on any atom is -0.330 e. The van der Waals surface area contributed by atoms with Gasteiger partial charge in [0.25, 0.3) is 0 Å². The van der Waals surface area contributed by atoms with E-state index < -0.39 is 0 Å². The van der Waals surface area contributed by atoms with Gasteiger partial charge in [0.15, 0.2) is 5.13 Å². The topological polar surface area (TPSA) is 42.1 Å². The van der Waals surface area contributed by atoms with Crippen molar-refractivity contribution in [2.24, 2.45) is 5.73 Å². The summed E-state index contributed by atoms with van der Waals surface area (Å²) in [7, 11) is 0. The number of nitrogens with zero attached hydrogens (tertiary/aromatic N) is 2. The summed E-state index contributed by atoms with van der Waals surface area (Å²) in [6.07, 6.45) is 2.04. The van der Waals surface area contributed by atoms with Crippen LogP contribution < -0.4 is 10.6 Å². The molecule has 2 N–H and O–H groups in total. The summed E-state index contributed by atoms with van der Waals surface area (Å²) >= 11 is 1.74. The van der Waals surface area contributed by atoms with E-state index in [0.29, 0.717) is 5.92 Å². The quantitative estimate of drug-likeness (QED) is 0.929. The first kappa shape index (κ1) is 12.6. The summed E-state index contributed by atoms with van der Waals surface area (Å²) in [5.74, 6) is 0.537. The molecule has 1 unspecified atom stereocenters. The molecule has 1 aromatic carbocycles. The Kier molecular flexibility index (Phi) is 3.53. The first-order chi connectivity index (χ1) is 9.33. The van der Waals surface area contributed by atoms with Crippen molar-refractivity contribution in [1.29, 1.82) is 0 Å². The van der Waals surface area contributed by atoms with Crippen LogP contribution in [0.25, 0.3) is 0 Å². The Morgan fingerprint density at radius 3 is 3.00 bits per heavy atom. The van der Waals surface area contributed by atoms with Crippen LogP contribution in [0.15, 0.2) is 29.6 Å². The second-order valence-electron chi connectivity index (χ2n) is 4.92. The fourth-order valence-electron chi connectivity index (χ4n) is 2.71. The number of thiazole rings is 1. The predicted octanol–water partition coefficient (Wildman–Crippen LogP) is 3.29. The molecular formula is C15H19N3S. The number of aromatic nitrogens is 1. The third-order valence-electron chi connectivity index (χ3n) is 3.72. The minimum atomic E-state index is 0.537. The molecule has 2 aromatic rings. The van der Waals surface area contributed by atoms with Gasteiger partial charge in [0, 0.05) is 23.5 Å². The van der Waals surface area contributed by atoms with Crippen molar-refractivity contribution in [3.05, 3.63) is 40.9 Å². The van der Waals surface area contributed by atoms with Crippen LogP contribution in [0.5, 0.6) is 0 Å². The van der Waals surface area contributed by atoms with E-state index in [1.807, 2.05) is 0 Å². The Morgan fingerprint density at radius 1 is 1.42 bits per heavy atom. The van der Waals surface area contributed by atoms with E-state index in [-0.39, 0.29) is 0 Å². The monoisotopic (exact) mass is 273 g/mol. The average molecular weight is 273 g/mol. The number of hydrogen-bond donors (Lipinski definition) is 1. The molecule has 100 valence electrons. The van der Waals surface area contributed by atoms with E-state index in [9.17, 15) is 0 Å². The summed E-state index contributed by atoms with van der Waals surface area (Å²) in [6.45, 7) is 3.89. The molecule has 3 nitrogen and oxygen atoms in total. The number of benzene rings is 1. The number of para-hydroxylation sites is 1. The van der Waals surface area contributed by atoms with E-state index in [4.69, 9.17) is 10.7 Å². The van der Waals surface area contributed by atoms with Crippen LogP contribution in [0, 0.1) is 0 Å². The molecule has 0 radical (unpaired) electrons. The summed E-state index contributed by atoms with van der Waals surface area (Å²) < 4.78 is 0. The number of aryl methyl sites for hydroxylation is 1. The zero-order valence-corrected chi connectivity index (χ0v) is 12.0. The number of hydrogen-bond acceptors (Lipinski definition) is 4. The van der Waals surface area contributed by atoms with Crippen LogP contribution >= 0.6 is 11.3 Å². The number of anilines is 2. The van der Waals surface area contributed by atoms with Crippen LogP contribution in [0.1, 0.15) is 30.5 Å². The van der Waals surface area contributed by atoms with E-state index in [1.54, 1.807) is 11.3 Å². The molecule has 1 aromatic heterocycles. The summed E-state index contributed by atoms with van der Waals surface area (Å²) in [5, 5.41) is 3.28. The van der Waals surface area contributed by atoms with Gasteiger partial charge in [0.2, 0.25) is 0 Å². The van der Waals surface area contributed by atoms with Crippen molar-refractivity contribution in [3.8, 4) is 0 Å². The lowest BCUT2D eigenvalue weighted by atomic mass is 9.98. The highest BCUT2D eigenvalue weighted by Crippen LogP contribution is 2.42. The molecule has 1 atom stereocenters. The molecule has 0 fully saturated rings. The zero-order valence-electron chi connectivity index (χ0n) is 11.2. The number of rotatable bonds is 4. The second kappa shape index (κ2) is 5.31. The maximum Gasteiger partial charge on any atom is 0.190 e. The minimum absolute atomic E-state index is 0.537. The fourth-order valence-corrected chi connectivity index (χ4v) is 3.64. The van der Waals surface area contributed by atoms with E-state index in [1.165, 1.54) is 16.9 Å². The predicted molar refractivity (Wildman–Crippen MR) is 81.4 cm³/mol. The molecule has 0 aliphatic carbocycles. The maximum atomic E-state index is 5.74. The van der Waals surface area contributed by atoms with Crippen LogP contribution in [0.2, 0.25) is 0 Å². The van der Waals surface area contributed by atoms with Crippen LogP contribution in [0.3, 0.4) is 0 Å². The molecule has 0 spiro atoms. The van der Waals surface area contributed by atoms with Gasteiger partial charge in [-0.25, -0.2) is 4.98 Å². The highest BCUT2D eigenvalue weighted by Gasteiger charge is 2.29. The maximum absolute atomic E-state index is 5.74. The second-order valence-corrected chi connectivity index (χ2v) is 5.76. The molecular weight excluding hydrogens is 254 g/mol. The molecule has 0 saturated heterocycles. The van der Waals surface area contributed by atoms with Crippen molar-refractivity contribution in [1.82, 2.24) is 4.98 Å². The summed E-state index contributed by atoms with van der Waals surface area (Å²) in [4.78, 5) is 7.06. The first-order valence-electron chi connectivity index (χ1n) is 6.84. The van der Waals surface area contributed by atoms with Crippen LogP contribution in [0.4, 0.5) is 10.8 Å². The largest absolute Gasteiger partial charge is 0.330 e. The van der Waals surface area contributed by atoms with Crippen molar-refractivity contribution < 1.29 is 0 Å². The fraction of sp³-hybridized carbons (Fsp3) is 0.400. The number of fused-ring (bicyclic) bond motifs is 1. The van der Waals surface area contributed by atoms with Crippen molar-refractivity contribution in [3.63, 3.8) is 0 Å². The van der Waals surface area contributed by atoms with Crippen LogP contribution in [-0.4, -0.2) is 18.1 Å². The van der Waals surface area contributed by atoms with Gasteiger partial charge in [0.1, 0.15) is 0 Å². The van der Waals surface area contributed by atoms with Gasteiger partial charge in [-0.3, -0.25) is 0 Å². The molecule has 0 amide bonds. The molecule has 1 aliphatic rings. The molecule has 2 heterocycles. The van der Waals surface area contributed by atoms with E-state index in [0.717, 1.165) is 31.1 Å². The Labute approximate surface area is 118 Å². The lowest BCUT2D eigenvalue weighted by Gasteiger charge is -2.16. The van der Waals surface area contributed by atoms with Crippen LogP contribution in [-0.2, 0) is 6.42 Å².